The molecular weight excluding hydrogens is 341 g/mol. The van der Waals surface area contributed by atoms with Gasteiger partial charge in [0.05, 0.1) is 17.4 Å². The van der Waals surface area contributed by atoms with E-state index >= 15 is 0 Å². The van der Waals surface area contributed by atoms with Gasteiger partial charge in [-0.15, -0.1) is 23.7 Å². The number of likely N-dealkylation sites (N-methyl/N-ethyl adjacent to an activating group) is 1. The summed E-state index contributed by atoms with van der Waals surface area (Å²) in [4.78, 5) is 17.4. The molecule has 1 aromatic heterocycles. The minimum Gasteiger partial charge on any atom is -0.340 e. The Morgan fingerprint density at radius 2 is 2.23 bits per heavy atom. The molecule has 0 aromatic carbocycles. The van der Waals surface area contributed by atoms with Gasteiger partial charge in [0.2, 0.25) is 5.91 Å². The molecule has 7 heteroatoms. The van der Waals surface area contributed by atoms with Crippen LogP contribution in [0.5, 0.6) is 0 Å². The molecule has 1 atom stereocenters. The van der Waals surface area contributed by atoms with Gasteiger partial charge in [-0.2, -0.15) is 0 Å². The molecule has 4 nitrogen and oxygen atoms in total. The van der Waals surface area contributed by atoms with E-state index in [1.165, 1.54) is 11.3 Å². The zero-order valence-corrected chi connectivity index (χ0v) is 15.7. The van der Waals surface area contributed by atoms with Crippen LogP contribution in [0.3, 0.4) is 0 Å². The third-order valence-corrected chi connectivity index (χ3v) is 5.41. The predicted molar refractivity (Wildman–Crippen MR) is 95.9 cm³/mol. The number of nitrogens with two attached hydrogens (primary N) is 1. The van der Waals surface area contributed by atoms with Crippen LogP contribution >= 0.6 is 35.3 Å². The zero-order valence-electron chi connectivity index (χ0n) is 13.3. The zero-order chi connectivity index (χ0) is 15.6. The molecule has 0 spiro atoms. The molecule has 0 aliphatic carbocycles. The predicted octanol–water partition coefficient (Wildman–Crippen LogP) is 2.84. The number of rotatable bonds is 4. The first-order chi connectivity index (χ1) is 9.78. The molecule has 2 heterocycles. The van der Waals surface area contributed by atoms with Crippen LogP contribution in [0.15, 0.2) is 12.1 Å². The van der Waals surface area contributed by atoms with Crippen LogP contribution in [-0.4, -0.2) is 48.4 Å². The number of thiophene rings is 1. The lowest BCUT2D eigenvalue weighted by Crippen LogP contribution is -2.54. The van der Waals surface area contributed by atoms with Crippen molar-refractivity contribution in [3.8, 4) is 0 Å². The Kier molecular flexibility index (Phi) is 7.15. The highest BCUT2D eigenvalue weighted by molar-refractivity contribution is 7.16. The number of amides is 1. The van der Waals surface area contributed by atoms with Gasteiger partial charge in [-0.25, -0.2) is 0 Å². The van der Waals surface area contributed by atoms with Crippen LogP contribution in [0.1, 0.15) is 25.1 Å². The Bertz CT molecular complexity index is 507. The van der Waals surface area contributed by atoms with Gasteiger partial charge < -0.3 is 10.6 Å². The molecular formula is C15H25Cl2N3OS. The topological polar surface area (TPSA) is 49.6 Å². The minimum atomic E-state index is 0. The summed E-state index contributed by atoms with van der Waals surface area (Å²) in [5, 5.41) is 0. The lowest BCUT2D eigenvalue weighted by atomic mass is 9.80. The molecule has 1 aliphatic rings. The number of carbonyl (C=O) groups excluding carboxylic acids is 1. The highest BCUT2D eigenvalue weighted by Gasteiger charge is 2.34. The summed E-state index contributed by atoms with van der Waals surface area (Å²) in [6.07, 6.45) is 0.949. The first kappa shape index (κ1) is 19.7. The molecule has 1 unspecified atom stereocenters. The Labute approximate surface area is 148 Å². The number of piperidine rings is 1. The summed E-state index contributed by atoms with van der Waals surface area (Å²) < 4.78 is 0.762. The second kappa shape index (κ2) is 7.97. The van der Waals surface area contributed by atoms with E-state index in [-0.39, 0.29) is 29.8 Å². The van der Waals surface area contributed by atoms with Crippen molar-refractivity contribution in [1.29, 1.82) is 0 Å². The lowest BCUT2D eigenvalue weighted by Gasteiger charge is -2.42. The summed E-state index contributed by atoms with van der Waals surface area (Å²) in [5.74, 6) is 0.144. The molecule has 2 N–H and O–H groups in total. The van der Waals surface area contributed by atoms with Crippen LogP contribution in [-0.2, 0) is 11.3 Å². The van der Waals surface area contributed by atoms with Crippen LogP contribution in [0, 0.1) is 5.41 Å². The monoisotopic (exact) mass is 365 g/mol. The van der Waals surface area contributed by atoms with Crippen LogP contribution in [0.25, 0.3) is 0 Å². The van der Waals surface area contributed by atoms with Gasteiger partial charge in [0.25, 0.3) is 0 Å². The molecule has 0 radical (unpaired) electrons. The second-order valence-electron chi connectivity index (χ2n) is 6.55. The lowest BCUT2D eigenvalue weighted by molar-refractivity contribution is -0.132. The van der Waals surface area contributed by atoms with Gasteiger partial charge >= 0.3 is 0 Å². The Morgan fingerprint density at radius 3 is 2.77 bits per heavy atom. The van der Waals surface area contributed by atoms with E-state index < -0.39 is 0 Å². The summed E-state index contributed by atoms with van der Waals surface area (Å²) in [6.45, 7) is 7.20. The highest BCUT2D eigenvalue weighted by atomic mass is 35.5. The summed E-state index contributed by atoms with van der Waals surface area (Å²) in [6, 6.07) is 4.06. The van der Waals surface area contributed by atoms with E-state index in [4.69, 9.17) is 17.3 Å². The maximum Gasteiger partial charge on any atom is 0.236 e. The SMILES string of the molecule is CN(Cc1ccc(Cl)s1)C(=O)CN1CCC(N)C(C)(C)C1.Cl. The largest absolute Gasteiger partial charge is 0.340 e. The van der Waals surface area contributed by atoms with E-state index in [0.717, 1.165) is 28.7 Å². The van der Waals surface area contributed by atoms with Gasteiger partial charge in [0, 0.05) is 31.1 Å². The molecule has 22 heavy (non-hydrogen) atoms. The van der Waals surface area contributed by atoms with Crippen molar-refractivity contribution < 1.29 is 4.79 Å². The number of likely N-dealkylation sites (tertiary alicyclic amines) is 1. The van der Waals surface area contributed by atoms with Gasteiger partial charge in [-0.1, -0.05) is 25.4 Å². The first-order valence-electron chi connectivity index (χ1n) is 7.24. The fourth-order valence-electron chi connectivity index (χ4n) is 2.69. The minimum absolute atomic E-state index is 0. The van der Waals surface area contributed by atoms with Crippen molar-refractivity contribution in [2.75, 3.05) is 26.7 Å². The number of nitrogens with zero attached hydrogens (tertiary/aromatic N) is 2. The molecule has 1 saturated heterocycles. The maximum absolute atomic E-state index is 12.3. The van der Waals surface area contributed by atoms with Crippen molar-refractivity contribution in [2.24, 2.45) is 11.1 Å². The standard InChI is InChI=1S/C15H24ClN3OS.ClH/c1-15(2)10-19(7-6-12(15)17)9-14(20)18(3)8-11-4-5-13(16)21-11;/h4-5,12H,6-10,17H2,1-3H3;1H. The number of halogens is 2. The Morgan fingerprint density at radius 1 is 1.55 bits per heavy atom. The fraction of sp³-hybridized carbons (Fsp3) is 0.667. The van der Waals surface area contributed by atoms with Crippen molar-refractivity contribution in [2.45, 2.75) is 32.9 Å². The van der Waals surface area contributed by atoms with Crippen molar-refractivity contribution >= 4 is 41.3 Å². The first-order valence-corrected chi connectivity index (χ1v) is 8.43. The van der Waals surface area contributed by atoms with E-state index in [0.29, 0.717) is 13.1 Å². The number of hydrogen-bond donors (Lipinski definition) is 1. The molecule has 1 amide bonds. The third-order valence-electron chi connectivity index (χ3n) is 4.20. The van der Waals surface area contributed by atoms with Gasteiger partial charge in [0.15, 0.2) is 0 Å². The molecule has 1 aromatic rings. The van der Waals surface area contributed by atoms with Crippen LogP contribution in [0.4, 0.5) is 0 Å². The maximum atomic E-state index is 12.3. The highest BCUT2D eigenvalue weighted by Crippen LogP contribution is 2.27. The average molecular weight is 366 g/mol. The molecule has 126 valence electrons. The third kappa shape index (κ3) is 5.10. The van der Waals surface area contributed by atoms with Gasteiger partial charge in [-0.05, 0) is 24.0 Å². The fourth-order valence-corrected chi connectivity index (χ4v) is 3.83. The van der Waals surface area contributed by atoms with E-state index in [1.54, 1.807) is 4.90 Å². The smallest absolute Gasteiger partial charge is 0.236 e. The molecule has 1 fully saturated rings. The Balaban J connectivity index is 0.00000242. The normalized spacial score (nSPS) is 21.2. The van der Waals surface area contributed by atoms with Crippen molar-refractivity contribution in [3.63, 3.8) is 0 Å². The van der Waals surface area contributed by atoms with Crippen LogP contribution < -0.4 is 5.73 Å². The molecule has 1 aliphatic heterocycles. The van der Waals surface area contributed by atoms with Gasteiger partial charge in [-0.3, -0.25) is 9.69 Å². The summed E-state index contributed by atoms with van der Waals surface area (Å²) in [7, 11) is 1.84. The number of carbonyl (C=O) groups is 1. The summed E-state index contributed by atoms with van der Waals surface area (Å²) in [5.41, 5.74) is 6.20. The van der Waals surface area contributed by atoms with Gasteiger partial charge in [0.1, 0.15) is 0 Å². The van der Waals surface area contributed by atoms with E-state index in [9.17, 15) is 4.79 Å². The molecule has 0 saturated carbocycles. The number of hydrogen-bond acceptors (Lipinski definition) is 4. The average Bonchev–Trinajstić information content (AvgIpc) is 2.79. The van der Waals surface area contributed by atoms with Crippen molar-refractivity contribution in [1.82, 2.24) is 9.80 Å². The second-order valence-corrected chi connectivity index (χ2v) is 8.35. The molecule has 2 rings (SSSR count). The van der Waals surface area contributed by atoms with E-state index in [1.807, 2.05) is 19.2 Å². The summed E-state index contributed by atoms with van der Waals surface area (Å²) >= 11 is 7.44. The van der Waals surface area contributed by atoms with Crippen molar-refractivity contribution in [3.05, 3.63) is 21.3 Å². The molecule has 0 bridgehead atoms. The Hall–Kier alpha value is -0.330. The van der Waals surface area contributed by atoms with E-state index in [2.05, 4.69) is 18.7 Å². The van der Waals surface area contributed by atoms with Crippen LogP contribution in [0.2, 0.25) is 4.34 Å². The quantitative estimate of drug-likeness (QED) is 0.892.